The highest BCUT2D eigenvalue weighted by Gasteiger charge is 2.17. The average Bonchev–Trinajstić information content (AvgIpc) is 2.32. The number of halogens is 2. The van der Waals surface area contributed by atoms with Gasteiger partial charge < -0.3 is 10.1 Å². The Hall–Kier alpha value is -1.52. The van der Waals surface area contributed by atoms with Gasteiger partial charge in [0.25, 0.3) is 5.91 Å². The fourth-order valence-electron chi connectivity index (χ4n) is 1.23. The molecule has 0 aliphatic heterocycles. The Bertz CT molecular complexity index is 515. The first kappa shape index (κ1) is 15.5. The van der Waals surface area contributed by atoms with E-state index in [9.17, 15) is 9.59 Å². The van der Waals surface area contributed by atoms with Crippen molar-refractivity contribution in [2.75, 3.05) is 5.32 Å². The normalized spacial score (nSPS) is 12.2. The molecule has 6 heteroatoms. The number of allylic oxidation sites excluding steroid dienone is 1. The van der Waals surface area contributed by atoms with Gasteiger partial charge in [-0.1, -0.05) is 29.3 Å². The van der Waals surface area contributed by atoms with Gasteiger partial charge in [-0.2, -0.15) is 0 Å². The third kappa shape index (κ3) is 4.93. The largest absolute Gasteiger partial charge is 0.449 e. The van der Waals surface area contributed by atoms with Gasteiger partial charge in [-0.25, -0.2) is 4.79 Å². The number of hydrogen-bond donors (Lipinski definition) is 1. The minimum absolute atomic E-state index is 0.313. The number of hydrogen-bond acceptors (Lipinski definition) is 3. The molecule has 0 heterocycles. The van der Waals surface area contributed by atoms with E-state index in [1.54, 1.807) is 19.1 Å². The summed E-state index contributed by atoms with van der Waals surface area (Å²) in [5.74, 6) is -1.05. The Morgan fingerprint density at radius 2 is 2.05 bits per heavy atom. The molecule has 0 spiro atoms. The molecule has 0 aliphatic rings. The summed E-state index contributed by atoms with van der Waals surface area (Å²) < 4.78 is 4.88. The highest BCUT2D eigenvalue weighted by atomic mass is 35.5. The molecular formula is C13H13Cl2NO3. The van der Waals surface area contributed by atoms with E-state index in [1.165, 1.54) is 25.1 Å². The first-order valence-electron chi connectivity index (χ1n) is 5.53. The predicted molar refractivity (Wildman–Crippen MR) is 75.5 cm³/mol. The van der Waals surface area contributed by atoms with Gasteiger partial charge in [0.1, 0.15) is 0 Å². The molecule has 4 nitrogen and oxygen atoms in total. The Balaban J connectivity index is 2.66. The van der Waals surface area contributed by atoms with E-state index in [0.29, 0.717) is 15.7 Å². The Kier molecular flexibility index (Phi) is 5.86. The van der Waals surface area contributed by atoms with E-state index in [0.717, 1.165) is 0 Å². The number of carbonyl (C=O) groups excluding carboxylic acids is 2. The second-order valence-electron chi connectivity index (χ2n) is 3.69. The van der Waals surface area contributed by atoms with Gasteiger partial charge in [0, 0.05) is 11.1 Å². The molecule has 0 bridgehead atoms. The van der Waals surface area contributed by atoms with Gasteiger partial charge in [-0.3, -0.25) is 4.79 Å². The molecule has 0 saturated carbocycles. The molecule has 0 aliphatic carbocycles. The molecule has 1 N–H and O–H groups in total. The predicted octanol–water partition coefficient (Wildman–Crippen LogP) is 3.44. The van der Waals surface area contributed by atoms with Crippen LogP contribution >= 0.6 is 23.2 Å². The van der Waals surface area contributed by atoms with Crippen LogP contribution in [0, 0.1) is 0 Å². The smallest absolute Gasteiger partial charge is 0.331 e. The molecule has 0 aromatic heterocycles. The highest BCUT2D eigenvalue weighted by Crippen LogP contribution is 2.25. The summed E-state index contributed by atoms with van der Waals surface area (Å²) in [7, 11) is 0. The van der Waals surface area contributed by atoms with Crippen molar-refractivity contribution in [3.05, 3.63) is 40.4 Å². The number of carbonyl (C=O) groups is 2. The number of nitrogens with one attached hydrogen (secondary N) is 1. The van der Waals surface area contributed by atoms with Crippen molar-refractivity contribution < 1.29 is 14.3 Å². The van der Waals surface area contributed by atoms with Gasteiger partial charge in [-0.05, 0) is 32.0 Å². The average molecular weight is 302 g/mol. The van der Waals surface area contributed by atoms with E-state index >= 15 is 0 Å². The molecule has 0 radical (unpaired) electrons. The molecule has 1 rings (SSSR count). The molecule has 19 heavy (non-hydrogen) atoms. The van der Waals surface area contributed by atoms with Crippen molar-refractivity contribution in [2.24, 2.45) is 0 Å². The van der Waals surface area contributed by atoms with Crippen LogP contribution in [0.1, 0.15) is 13.8 Å². The fraction of sp³-hybridized carbons (Fsp3) is 0.231. The zero-order valence-electron chi connectivity index (χ0n) is 10.4. The van der Waals surface area contributed by atoms with Gasteiger partial charge in [0.2, 0.25) is 0 Å². The maximum absolute atomic E-state index is 11.8. The molecule has 0 saturated heterocycles. The van der Waals surface area contributed by atoms with Crippen LogP contribution in [-0.2, 0) is 14.3 Å². The monoisotopic (exact) mass is 301 g/mol. The van der Waals surface area contributed by atoms with Gasteiger partial charge in [0.15, 0.2) is 6.10 Å². The van der Waals surface area contributed by atoms with Gasteiger partial charge >= 0.3 is 5.97 Å². The minimum atomic E-state index is -0.921. The third-order valence-electron chi connectivity index (χ3n) is 2.15. The van der Waals surface area contributed by atoms with Crippen LogP contribution in [0.25, 0.3) is 0 Å². The van der Waals surface area contributed by atoms with Gasteiger partial charge in [0.05, 0.1) is 10.7 Å². The molecule has 1 aromatic rings. The van der Waals surface area contributed by atoms with E-state index < -0.39 is 18.0 Å². The lowest BCUT2D eigenvalue weighted by Gasteiger charge is -2.13. The number of esters is 1. The van der Waals surface area contributed by atoms with Crippen molar-refractivity contribution >= 4 is 40.8 Å². The van der Waals surface area contributed by atoms with Crippen molar-refractivity contribution in [2.45, 2.75) is 20.0 Å². The summed E-state index contributed by atoms with van der Waals surface area (Å²) in [5, 5.41) is 3.33. The van der Waals surface area contributed by atoms with Crippen LogP contribution < -0.4 is 5.32 Å². The summed E-state index contributed by atoms with van der Waals surface area (Å²) >= 11 is 11.7. The lowest BCUT2D eigenvalue weighted by molar-refractivity contribution is -0.148. The van der Waals surface area contributed by atoms with Crippen molar-refractivity contribution in [3.8, 4) is 0 Å². The SMILES string of the molecule is C/C=C/C(=O)O[C@H](C)C(=O)Nc1ccc(Cl)cc1Cl. The Morgan fingerprint density at radius 3 is 2.63 bits per heavy atom. The van der Waals surface area contributed by atoms with Crippen LogP contribution in [0.15, 0.2) is 30.4 Å². The van der Waals surface area contributed by atoms with Crippen molar-refractivity contribution in [3.63, 3.8) is 0 Å². The number of benzene rings is 1. The maximum atomic E-state index is 11.8. The third-order valence-corrected chi connectivity index (χ3v) is 2.70. The zero-order chi connectivity index (χ0) is 14.4. The van der Waals surface area contributed by atoms with Crippen LogP contribution in [0.5, 0.6) is 0 Å². The fourth-order valence-corrected chi connectivity index (χ4v) is 1.68. The summed E-state index contributed by atoms with van der Waals surface area (Å²) in [6.07, 6.45) is 1.85. The standard InChI is InChI=1S/C13H13Cl2NO3/c1-3-4-12(17)19-8(2)13(18)16-11-6-5-9(14)7-10(11)15/h3-8H,1-2H3,(H,16,18)/b4-3+/t8-/m1/s1. The molecule has 1 atom stereocenters. The van der Waals surface area contributed by atoms with E-state index in [2.05, 4.69) is 5.32 Å². The van der Waals surface area contributed by atoms with E-state index in [-0.39, 0.29) is 0 Å². The summed E-state index contributed by atoms with van der Waals surface area (Å²) in [6, 6.07) is 4.68. The summed E-state index contributed by atoms with van der Waals surface area (Å²) in [5.41, 5.74) is 0.407. The maximum Gasteiger partial charge on any atom is 0.331 e. The molecule has 0 fully saturated rings. The van der Waals surface area contributed by atoms with Crippen LogP contribution in [0.3, 0.4) is 0 Å². The van der Waals surface area contributed by atoms with Crippen LogP contribution in [0.2, 0.25) is 10.0 Å². The van der Waals surface area contributed by atoms with E-state index in [4.69, 9.17) is 27.9 Å². The summed E-state index contributed by atoms with van der Waals surface area (Å²) in [6.45, 7) is 3.15. The minimum Gasteiger partial charge on any atom is -0.449 e. The first-order chi connectivity index (χ1) is 8.93. The van der Waals surface area contributed by atoms with Crippen LogP contribution in [0.4, 0.5) is 5.69 Å². The molecule has 102 valence electrons. The van der Waals surface area contributed by atoms with Crippen molar-refractivity contribution in [1.82, 2.24) is 0 Å². The first-order valence-corrected chi connectivity index (χ1v) is 6.29. The molecule has 1 aromatic carbocycles. The highest BCUT2D eigenvalue weighted by molar-refractivity contribution is 6.36. The second kappa shape index (κ2) is 7.16. The lowest BCUT2D eigenvalue weighted by Crippen LogP contribution is -2.29. The Labute approximate surface area is 121 Å². The lowest BCUT2D eigenvalue weighted by atomic mass is 10.3. The number of anilines is 1. The Morgan fingerprint density at radius 1 is 1.37 bits per heavy atom. The zero-order valence-corrected chi connectivity index (χ0v) is 12.0. The van der Waals surface area contributed by atoms with Crippen LogP contribution in [-0.4, -0.2) is 18.0 Å². The number of ether oxygens (including phenoxy) is 1. The topological polar surface area (TPSA) is 55.4 Å². The van der Waals surface area contributed by atoms with Gasteiger partial charge in [-0.15, -0.1) is 0 Å². The molecular weight excluding hydrogens is 289 g/mol. The number of rotatable bonds is 4. The number of amides is 1. The molecule has 0 unspecified atom stereocenters. The molecule has 1 amide bonds. The quantitative estimate of drug-likeness (QED) is 0.684. The second-order valence-corrected chi connectivity index (χ2v) is 4.54. The summed E-state index contributed by atoms with van der Waals surface area (Å²) in [4.78, 5) is 23.0. The van der Waals surface area contributed by atoms with Crippen molar-refractivity contribution in [1.29, 1.82) is 0 Å². The van der Waals surface area contributed by atoms with E-state index in [1.807, 2.05) is 0 Å².